The van der Waals surface area contributed by atoms with E-state index < -0.39 is 6.17 Å². The molecule has 2 aliphatic rings. The smallest absolute Gasteiger partial charge is 0.125 e. The molecule has 0 atom stereocenters. The van der Waals surface area contributed by atoms with Gasteiger partial charge in [-0.3, -0.25) is 0 Å². The number of likely N-dealkylation sites (tertiary alicyclic amines) is 1. The quantitative estimate of drug-likeness (QED) is 0.703. The Hall–Kier alpha value is -0.150. The molecule has 0 amide bonds. The van der Waals surface area contributed by atoms with E-state index in [-0.39, 0.29) is 0 Å². The van der Waals surface area contributed by atoms with Crippen molar-refractivity contribution in [2.45, 2.75) is 39.8 Å². The first-order chi connectivity index (χ1) is 6.83. The van der Waals surface area contributed by atoms with Crippen molar-refractivity contribution in [3.05, 3.63) is 0 Å². The zero-order valence-electron chi connectivity index (χ0n) is 9.85. The van der Waals surface area contributed by atoms with Crippen LogP contribution in [0.5, 0.6) is 0 Å². The molecule has 2 fully saturated rings. The molecule has 0 aromatic carbocycles. The third-order valence-electron chi connectivity index (χ3n) is 2.38. The SMILES string of the molecule is CC.CCN1CCCC1.FC1CNC1. The minimum absolute atomic E-state index is 0.546. The molecule has 1 N–H and O–H groups in total. The maximum absolute atomic E-state index is 11.5. The van der Waals surface area contributed by atoms with Gasteiger partial charge in [0, 0.05) is 13.1 Å². The molecule has 0 radical (unpaired) electrons. The summed E-state index contributed by atoms with van der Waals surface area (Å²) in [5, 5.41) is 2.79. The molecule has 2 aliphatic heterocycles. The highest BCUT2D eigenvalue weighted by Crippen LogP contribution is 2.04. The number of nitrogens with zero attached hydrogens (tertiary/aromatic N) is 1. The molecule has 86 valence electrons. The van der Waals surface area contributed by atoms with E-state index in [1.807, 2.05) is 13.8 Å². The maximum atomic E-state index is 11.5. The van der Waals surface area contributed by atoms with Crippen LogP contribution < -0.4 is 5.32 Å². The average molecular weight is 204 g/mol. The largest absolute Gasteiger partial charge is 0.311 e. The lowest BCUT2D eigenvalue weighted by Crippen LogP contribution is -2.43. The van der Waals surface area contributed by atoms with Crippen LogP contribution in [0.4, 0.5) is 4.39 Å². The summed E-state index contributed by atoms with van der Waals surface area (Å²) in [6.45, 7) is 11.3. The van der Waals surface area contributed by atoms with Gasteiger partial charge >= 0.3 is 0 Å². The summed E-state index contributed by atoms with van der Waals surface area (Å²) in [6.07, 6.45) is 2.30. The van der Waals surface area contributed by atoms with Crippen molar-refractivity contribution >= 4 is 0 Å². The van der Waals surface area contributed by atoms with Gasteiger partial charge in [-0.1, -0.05) is 20.8 Å². The predicted octanol–water partition coefficient (Wildman–Crippen LogP) is 2.06. The molecule has 0 unspecified atom stereocenters. The van der Waals surface area contributed by atoms with Crippen LogP contribution in [0.3, 0.4) is 0 Å². The summed E-state index contributed by atoms with van der Waals surface area (Å²) in [5.74, 6) is 0. The van der Waals surface area contributed by atoms with Crippen molar-refractivity contribution in [2.75, 3.05) is 32.7 Å². The summed E-state index contributed by atoms with van der Waals surface area (Å²) < 4.78 is 11.5. The normalized spacial score (nSPS) is 21.4. The molecule has 0 aromatic rings. The van der Waals surface area contributed by atoms with Crippen LogP contribution in [0.15, 0.2) is 0 Å². The molecule has 0 bridgehead atoms. The van der Waals surface area contributed by atoms with E-state index in [1.54, 1.807) is 0 Å². The molecule has 0 spiro atoms. The van der Waals surface area contributed by atoms with Crippen molar-refractivity contribution < 1.29 is 4.39 Å². The average Bonchev–Trinajstić information content (AvgIpc) is 2.71. The van der Waals surface area contributed by atoms with Gasteiger partial charge in [0.1, 0.15) is 6.17 Å². The Balaban J connectivity index is 0.000000213. The lowest BCUT2D eigenvalue weighted by molar-refractivity contribution is 0.237. The fourth-order valence-electron chi connectivity index (χ4n) is 1.35. The summed E-state index contributed by atoms with van der Waals surface area (Å²) >= 11 is 0. The third-order valence-corrected chi connectivity index (χ3v) is 2.38. The molecule has 14 heavy (non-hydrogen) atoms. The summed E-state index contributed by atoms with van der Waals surface area (Å²) in [4.78, 5) is 2.49. The van der Waals surface area contributed by atoms with Crippen molar-refractivity contribution in [2.24, 2.45) is 0 Å². The Morgan fingerprint density at radius 1 is 1.21 bits per heavy atom. The Morgan fingerprint density at radius 3 is 1.79 bits per heavy atom. The van der Waals surface area contributed by atoms with Crippen molar-refractivity contribution in [3.63, 3.8) is 0 Å². The number of rotatable bonds is 1. The van der Waals surface area contributed by atoms with Crippen molar-refractivity contribution in [1.82, 2.24) is 10.2 Å². The molecule has 3 heteroatoms. The van der Waals surface area contributed by atoms with Gasteiger partial charge in [-0.15, -0.1) is 0 Å². The lowest BCUT2D eigenvalue weighted by atomic mass is 10.3. The van der Waals surface area contributed by atoms with Crippen LogP contribution in [0.25, 0.3) is 0 Å². The van der Waals surface area contributed by atoms with Crippen LogP contribution in [-0.4, -0.2) is 43.8 Å². The minimum atomic E-state index is -0.546. The van der Waals surface area contributed by atoms with Gasteiger partial charge in [0.25, 0.3) is 0 Å². The monoisotopic (exact) mass is 204 g/mol. The van der Waals surface area contributed by atoms with E-state index in [2.05, 4.69) is 17.1 Å². The molecule has 2 saturated heterocycles. The Kier molecular flexibility index (Phi) is 9.31. The first kappa shape index (κ1) is 13.8. The summed E-state index contributed by atoms with van der Waals surface area (Å²) in [6, 6.07) is 0. The topological polar surface area (TPSA) is 15.3 Å². The molecular formula is C11H25FN2. The van der Waals surface area contributed by atoms with Crippen LogP contribution >= 0.6 is 0 Å². The first-order valence-electron chi connectivity index (χ1n) is 5.90. The molecule has 0 saturated carbocycles. The molecule has 2 rings (SSSR count). The zero-order valence-corrected chi connectivity index (χ0v) is 9.85. The van der Waals surface area contributed by atoms with Gasteiger partial charge in [0.05, 0.1) is 0 Å². The highest BCUT2D eigenvalue weighted by Gasteiger charge is 2.12. The van der Waals surface area contributed by atoms with Gasteiger partial charge in [0.15, 0.2) is 0 Å². The van der Waals surface area contributed by atoms with Gasteiger partial charge in [-0.2, -0.15) is 0 Å². The maximum Gasteiger partial charge on any atom is 0.125 e. The Labute approximate surface area is 87.9 Å². The van der Waals surface area contributed by atoms with E-state index in [1.165, 1.54) is 32.5 Å². The van der Waals surface area contributed by atoms with E-state index in [9.17, 15) is 4.39 Å². The minimum Gasteiger partial charge on any atom is -0.311 e. The number of hydrogen-bond donors (Lipinski definition) is 1. The van der Waals surface area contributed by atoms with Gasteiger partial charge < -0.3 is 10.2 Å². The number of nitrogens with one attached hydrogen (secondary N) is 1. The van der Waals surface area contributed by atoms with Crippen molar-refractivity contribution in [1.29, 1.82) is 0 Å². The number of hydrogen-bond acceptors (Lipinski definition) is 2. The third kappa shape index (κ3) is 6.33. The van der Waals surface area contributed by atoms with E-state index in [0.29, 0.717) is 13.1 Å². The standard InChI is InChI=1S/C6H13N.C3H6FN.C2H6/c1-2-7-5-3-4-6-7;4-3-1-5-2-3;1-2/h2-6H2,1H3;3,5H,1-2H2;1-2H3. The Bertz CT molecular complexity index is 110. The van der Waals surface area contributed by atoms with E-state index in [4.69, 9.17) is 0 Å². The highest BCUT2D eigenvalue weighted by molar-refractivity contribution is 4.72. The lowest BCUT2D eigenvalue weighted by Gasteiger charge is -2.17. The van der Waals surface area contributed by atoms with Crippen LogP contribution in [0.1, 0.15) is 33.6 Å². The fourth-order valence-corrected chi connectivity index (χ4v) is 1.35. The van der Waals surface area contributed by atoms with Gasteiger partial charge in [0.2, 0.25) is 0 Å². The number of halogens is 1. The first-order valence-corrected chi connectivity index (χ1v) is 5.90. The fraction of sp³-hybridized carbons (Fsp3) is 1.00. The molecule has 0 aliphatic carbocycles. The van der Waals surface area contributed by atoms with Crippen LogP contribution in [-0.2, 0) is 0 Å². The number of alkyl halides is 1. The van der Waals surface area contributed by atoms with Gasteiger partial charge in [-0.25, -0.2) is 4.39 Å². The molecular weight excluding hydrogens is 179 g/mol. The van der Waals surface area contributed by atoms with Crippen LogP contribution in [0.2, 0.25) is 0 Å². The van der Waals surface area contributed by atoms with Crippen molar-refractivity contribution in [3.8, 4) is 0 Å². The van der Waals surface area contributed by atoms with E-state index >= 15 is 0 Å². The zero-order chi connectivity index (χ0) is 10.8. The van der Waals surface area contributed by atoms with E-state index in [0.717, 1.165) is 0 Å². The summed E-state index contributed by atoms with van der Waals surface area (Å²) in [7, 11) is 0. The Morgan fingerprint density at radius 2 is 1.64 bits per heavy atom. The summed E-state index contributed by atoms with van der Waals surface area (Å²) in [5.41, 5.74) is 0. The molecule has 2 heterocycles. The molecule has 0 aromatic heterocycles. The second-order valence-corrected chi connectivity index (χ2v) is 3.40. The van der Waals surface area contributed by atoms with Gasteiger partial charge in [-0.05, 0) is 32.5 Å². The molecule has 2 nitrogen and oxygen atoms in total. The second kappa shape index (κ2) is 9.41. The van der Waals surface area contributed by atoms with Crippen LogP contribution in [0, 0.1) is 0 Å². The second-order valence-electron chi connectivity index (χ2n) is 3.40. The predicted molar refractivity (Wildman–Crippen MR) is 60.5 cm³/mol. The highest BCUT2D eigenvalue weighted by atomic mass is 19.1.